The van der Waals surface area contributed by atoms with Crippen molar-refractivity contribution in [3.63, 3.8) is 0 Å². The molecule has 4 atom stereocenters. The molecule has 188 valence electrons. The van der Waals surface area contributed by atoms with Crippen molar-refractivity contribution in [3.8, 4) is 0 Å². The van der Waals surface area contributed by atoms with Crippen LogP contribution < -0.4 is 11.1 Å². The highest BCUT2D eigenvalue weighted by atomic mass is 35.5. The zero-order valence-corrected chi connectivity index (χ0v) is 20.4. The lowest BCUT2D eigenvalue weighted by molar-refractivity contribution is -0.139. The maximum absolute atomic E-state index is 14.7. The van der Waals surface area contributed by atoms with E-state index in [9.17, 15) is 18.8 Å². The van der Waals surface area contributed by atoms with Crippen LogP contribution in [0.1, 0.15) is 30.0 Å². The number of carbonyl (C=O) groups is 3. The molecule has 36 heavy (non-hydrogen) atoms. The van der Waals surface area contributed by atoms with Crippen LogP contribution in [0.4, 0.5) is 9.18 Å². The van der Waals surface area contributed by atoms with E-state index in [1.54, 1.807) is 35.4 Å². The van der Waals surface area contributed by atoms with Crippen LogP contribution in [0.5, 0.6) is 0 Å². The number of primary amides is 1. The molecule has 1 saturated carbocycles. The first-order valence-corrected chi connectivity index (χ1v) is 12.1. The number of halogens is 2. The van der Waals surface area contributed by atoms with E-state index in [-0.39, 0.29) is 47.4 Å². The zero-order chi connectivity index (χ0) is 25.6. The number of piperidine rings is 1. The summed E-state index contributed by atoms with van der Waals surface area (Å²) in [6.45, 7) is 0.0448. The third-order valence-corrected chi connectivity index (χ3v) is 7.37. The Hall–Kier alpha value is -3.43. The van der Waals surface area contributed by atoms with Crippen molar-refractivity contribution in [2.45, 2.75) is 37.4 Å². The van der Waals surface area contributed by atoms with Gasteiger partial charge in [-0.05, 0) is 36.5 Å². The minimum Gasteiger partial charge on any atom is -0.382 e. The number of rotatable bonds is 7. The summed E-state index contributed by atoms with van der Waals surface area (Å²) in [5.41, 5.74) is 7.01. The van der Waals surface area contributed by atoms with Crippen LogP contribution in [0.25, 0.3) is 10.9 Å². The lowest BCUT2D eigenvalue weighted by Crippen LogP contribution is -2.49. The molecule has 0 spiro atoms. The smallest absolute Gasteiger partial charge is 0.323 e. The fourth-order valence-electron chi connectivity index (χ4n) is 5.31. The Balaban J connectivity index is 1.37. The van der Waals surface area contributed by atoms with Gasteiger partial charge in [0, 0.05) is 30.3 Å². The maximum Gasteiger partial charge on any atom is 0.323 e. The van der Waals surface area contributed by atoms with Gasteiger partial charge < -0.3 is 20.7 Å². The molecule has 1 aliphatic carbocycles. The molecular formula is C26H26ClFN4O4. The second kappa shape index (κ2) is 9.55. The van der Waals surface area contributed by atoms with E-state index in [4.69, 9.17) is 22.1 Å². The quantitative estimate of drug-likeness (QED) is 0.506. The van der Waals surface area contributed by atoms with E-state index < -0.39 is 23.9 Å². The summed E-state index contributed by atoms with van der Waals surface area (Å²) < 4.78 is 21.2. The summed E-state index contributed by atoms with van der Waals surface area (Å²) in [5, 5.41) is 3.57. The molecule has 2 heterocycles. The average molecular weight is 513 g/mol. The molecule has 1 saturated heterocycles. The van der Waals surface area contributed by atoms with Crippen molar-refractivity contribution in [2.24, 2.45) is 11.7 Å². The topological polar surface area (TPSA) is 107 Å². The fraction of sp³-hybridized carbons (Fsp3) is 0.346. The first-order valence-electron chi connectivity index (χ1n) is 11.7. The predicted molar refractivity (Wildman–Crippen MR) is 132 cm³/mol. The number of hydrogen-bond donors (Lipinski definition) is 2. The number of methoxy groups -OCH3 is 1. The minimum absolute atomic E-state index is 0.00141. The van der Waals surface area contributed by atoms with Crippen LogP contribution in [0.15, 0.2) is 48.7 Å². The van der Waals surface area contributed by atoms with Crippen LogP contribution in [-0.4, -0.2) is 53.1 Å². The number of likely N-dealkylation sites (tertiary alicyclic amines) is 1. The molecular weight excluding hydrogens is 487 g/mol. The van der Waals surface area contributed by atoms with Crippen molar-refractivity contribution in [3.05, 3.63) is 70.6 Å². The first kappa shape index (κ1) is 24.3. The summed E-state index contributed by atoms with van der Waals surface area (Å²) in [5.74, 6) is -0.920. The molecule has 8 nitrogen and oxygen atoms in total. The van der Waals surface area contributed by atoms with Crippen LogP contribution in [-0.2, 0) is 20.7 Å². The van der Waals surface area contributed by atoms with E-state index in [0.29, 0.717) is 17.5 Å². The van der Waals surface area contributed by atoms with Crippen molar-refractivity contribution >= 4 is 40.3 Å². The van der Waals surface area contributed by atoms with Gasteiger partial charge in [-0.15, -0.1) is 0 Å². The third-order valence-electron chi connectivity index (χ3n) is 7.08. The number of aromatic nitrogens is 1. The molecule has 0 bridgehead atoms. The second-order valence-corrected chi connectivity index (χ2v) is 9.74. The molecule has 5 rings (SSSR count). The van der Waals surface area contributed by atoms with Gasteiger partial charge in [-0.3, -0.25) is 14.2 Å². The van der Waals surface area contributed by atoms with Gasteiger partial charge in [0.1, 0.15) is 11.9 Å². The Morgan fingerprint density at radius 1 is 1.19 bits per heavy atom. The number of hydrogen-bond acceptors (Lipinski definition) is 4. The number of nitrogens with one attached hydrogen (secondary N) is 1. The number of ether oxygens (including phenoxy) is 1. The first-order chi connectivity index (χ1) is 17.3. The highest BCUT2D eigenvalue weighted by molar-refractivity contribution is 6.30. The number of carbonyl (C=O) groups excluding carboxylic acids is 3. The molecule has 0 radical (unpaired) electrons. The highest BCUT2D eigenvalue weighted by Crippen LogP contribution is 2.48. The van der Waals surface area contributed by atoms with Gasteiger partial charge in [-0.2, -0.15) is 0 Å². The van der Waals surface area contributed by atoms with Crippen molar-refractivity contribution in [1.82, 2.24) is 14.8 Å². The number of nitrogens with two attached hydrogens (primary N) is 1. The summed E-state index contributed by atoms with van der Waals surface area (Å²) in [4.78, 5) is 40.4. The Morgan fingerprint density at radius 3 is 2.72 bits per heavy atom. The van der Waals surface area contributed by atoms with Gasteiger partial charge in [-0.25, -0.2) is 9.18 Å². The number of fused-ring (bicyclic) bond motifs is 2. The molecule has 2 aromatic carbocycles. The van der Waals surface area contributed by atoms with E-state index in [1.807, 2.05) is 12.1 Å². The summed E-state index contributed by atoms with van der Waals surface area (Å²) in [6.07, 6.45) is 3.00. The molecule has 2 aliphatic rings. The van der Waals surface area contributed by atoms with E-state index in [2.05, 4.69) is 5.32 Å². The Kier molecular flexibility index (Phi) is 6.44. The van der Waals surface area contributed by atoms with Crippen LogP contribution in [0.3, 0.4) is 0 Å². The molecule has 3 aromatic rings. The van der Waals surface area contributed by atoms with Crippen LogP contribution >= 0.6 is 11.6 Å². The van der Waals surface area contributed by atoms with Gasteiger partial charge in [0.05, 0.1) is 29.6 Å². The molecule has 2 fully saturated rings. The SMILES string of the molecule is COC[C@H](NC(=O)[C@@H]1C[C@H]2C[C@H]2N1C(=O)Cc1cn(C(N)=O)c2ccccc12)c1cccc(Cl)c1F. The zero-order valence-electron chi connectivity index (χ0n) is 19.6. The number of amides is 3. The second-order valence-electron chi connectivity index (χ2n) is 9.33. The Bertz CT molecular complexity index is 1360. The Labute approximate surface area is 212 Å². The molecule has 1 aliphatic heterocycles. The van der Waals surface area contributed by atoms with Gasteiger partial charge >= 0.3 is 6.03 Å². The van der Waals surface area contributed by atoms with Gasteiger partial charge in [-0.1, -0.05) is 41.9 Å². The number of benzene rings is 2. The molecule has 0 unspecified atom stereocenters. The summed E-state index contributed by atoms with van der Waals surface area (Å²) in [6, 6.07) is 9.75. The van der Waals surface area contributed by atoms with E-state index >= 15 is 0 Å². The Morgan fingerprint density at radius 2 is 1.97 bits per heavy atom. The summed E-state index contributed by atoms with van der Waals surface area (Å²) >= 11 is 5.94. The molecule has 10 heteroatoms. The van der Waals surface area contributed by atoms with E-state index in [1.165, 1.54) is 17.7 Å². The number of para-hydroxylation sites is 1. The highest BCUT2D eigenvalue weighted by Gasteiger charge is 2.56. The minimum atomic E-state index is -0.761. The van der Waals surface area contributed by atoms with Gasteiger partial charge in [0.15, 0.2) is 0 Å². The number of nitrogens with zero attached hydrogens (tertiary/aromatic N) is 2. The molecule has 3 amide bonds. The van der Waals surface area contributed by atoms with E-state index in [0.717, 1.165) is 11.8 Å². The fourth-order valence-corrected chi connectivity index (χ4v) is 5.49. The van der Waals surface area contributed by atoms with Crippen molar-refractivity contribution < 1.29 is 23.5 Å². The van der Waals surface area contributed by atoms with Crippen molar-refractivity contribution in [1.29, 1.82) is 0 Å². The van der Waals surface area contributed by atoms with Gasteiger partial charge in [0.25, 0.3) is 0 Å². The van der Waals surface area contributed by atoms with Crippen LogP contribution in [0, 0.1) is 11.7 Å². The van der Waals surface area contributed by atoms with Crippen molar-refractivity contribution in [2.75, 3.05) is 13.7 Å². The van der Waals surface area contributed by atoms with Gasteiger partial charge in [0.2, 0.25) is 11.8 Å². The average Bonchev–Trinajstić information content (AvgIpc) is 3.35. The largest absolute Gasteiger partial charge is 0.382 e. The maximum atomic E-state index is 14.7. The summed E-state index contributed by atoms with van der Waals surface area (Å²) in [7, 11) is 1.46. The normalized spacial score (nSPS) is 21.3. The monoisotopic (exact) mass is 512 g/mol. The standard InChI is InChI=1S/C26H26ClFN4O4/c1-36-13-19(17-6-4-7-18(27)24(17)28)30-25(34)22-10-14-9-21(14)32(22)23(33)11-15-12-31(26(29)35)20-8-3-2-5-16(15)20/h2-8,12,14,19,21-22H,9-11,13H2,1H3,(H2,29,35)(H,30,34)/t14-,19+,21-,22+/m1/s1. The predicted octanol–water partition coefficient (Wildman–Crippen LogP) is 3.40. The lowest BCUT2D eigenvalue weighted by Gasteiger charge is -2.29. The van der Waals surface area contributed by atoms with Crippen LogP contribution in [0.2, 0.25) is 5.02 Å². The molecule has 1 aromatic heterocycles. The third kappa shape index (κ3) is 4.33. The molecule has 3 N–H and O–H groups in total. The lowest BCUT2D eigenvalue weighted by atomic mass is 10.0.